The number of rotatable bonds is 5. The third-order valence-corrected chi connectivity index (χ3v) is 5.15. The molecule has 140 valence electrons. The molecular weight excluding hydrogens is 328 g/mol. The average Bonchev–Trinajstić information content (AvgIpc) is 3.09. The first kappa shape index (κ1) is 18.4. The van der Waals surface area contributed by atoms with E-state index in [4.69, 9.17) is 25.7 Å². The molecule has 0 amide bonds. The molecule has 0 aromatic carbocycles. The van der Waals surface area contributed by atoms with E-state index in [1.807, 2.05) is 0 Å². The summed E-state index contributed by atoms with van der Waals surface area (Å²) in [7, 11) is 0. The van der Waals surface area contributed by atoms with E-state index in [9.17, 15) is 30.6 Å². The van der Waals surface area contributed by atoms with Crippen LogP contribution >= 0.6 is 0 Å². The molecule has 3 aliphatic rings. The van der Waals surface area contributed by atoms with E-state index in [1.54, 1.807) is 0 Å². The van der Waals surface area contributed by atoms with Gasteiger partial charge in [0.05, 0.1) is 5.92 Å². The first-order chi connectivity index (χ1) is 11.3. The van der Waals surface area contributed by atoms with Crippen molar-refractivity contribution in [2.45, 2.75) is 48.4 Å². The molecule has 0 aromatic rings. The Labute approximate surface area is 137 Å². The Kier molecular flexibility index (Phi) is 4.64. The highest BCUT2D eigenvalue weighted by Gasteiger charge is 2.80. The van der Waals surface area contributed by atoms with Gasteiger partial charge in [0.15, 0.2) is 12.1 Å². The Morgan fingerprint density at radius 1 is 1.00 bits per heavy atom. The molecule has 0 aromatic heterocycles. The third-order valence-electron chi connectivity index (χ3n) is 5.15. The van der Waals surface area contributed by atoms with Crippen LogP contribution in [0.15, 0.2) is 0 Å². The number of hydrogen-bond donors (Lipinski definition) is 8. The first-order valence-electron chi connectivity index (χ1n) is 7.74. The number of aliphatic hydroxyl groups is 6. The molecule has 10 atom stereocenters. The van der Waals surface area contributed by atoms with Gasteiger partial charge in [-0.05, 0) is 0 Å². The van der Waals surface area contributed by atoms with Gasteiger partial charge in [-0.25, -0.2) is 0 Å². The lowest BCUT2D eigenvalue weighted by Gasteiger charge is -2.44. The predicted octanol–water partition coefficient (Wildman–Crippen LogP) is -5.26. The second kappa shape index (κ2) is 6.07. The molecule has 24 heavy (non-hydrogen) atoms. The van der Waals surface area contributed by atoms with E-state index in [0.29, 0.717) is 0 Å². The second-order valence-electron chi connectivity index (χ2n) is 6.50. The Morgan fingerprint density at radius 3 is 2.12 bits per heavy atom. The molecule has 11 nitrogen and oxygen atoms in total. The lowest BCUT2D eigenvalue weighted by atomic mass is 9.98. The van der Waals surface area contributed by atoms with E-state index in [2.05, 4.69) is 0 Å². The minimum absolute atomic E-state index is 0.0719. The summed E-state index contributed by atoms with van der Waals surface area (Å²) < 4.78 is 16.0. The van der Waals surface area contributed by atoms with Gasteiger partial charge in [-0.3, -0.25) is 0 Å². The molecule has 0 spiro atoms. The maximum Gasteiger partial charge on any atom is 0.223 e. The summed E-state index contributed by atoms with van der Waals surface area (Å²) in [6.07, 6.45) is -8.73. The Morgan fingerprint density at radius 2 is 1.67 bits per heavy atom. The van der Waals surface area contributed by atoms with E-state index >= 15 is 0 Å². The lowest BCUT2D eigenvalue weighted by Crippen LogP contribution is -2.63. The fraction of sp³-hybridized carbons (Fsp3) is 1.00. The van der Waals surface area contributed by atoms with Crippen molar-refractivity contribution in [2.24, 2.45) is 23.3 Å². The zero-order valence-corrected chi connectivity index (χ0v) is 12.8. The second-order valence-corrected chi connectivity index (χ2v) is 6.50. The number of aliphatic hydroxyl groups excluding tert-OH is 5. The summed E-state index contributed by atoms with van der Waals surface area (Å²) in [6.45, 7) is -0.937. The van der Waals surface area contributed by atoms with Crippen LogP contribution in [0.4, 0.5) is 0 Å². The fourth-order valence-electron chi connectivity index (χ4n) is 3.62. The minimum atomic E-state index is -2.06. The van der Waals surface area contributed by atoms with Gasteiger partial charge in [-0.2, -0.15) is 0 Å². The van der Waals surface area contributed by atoms with Crippen molar-refractivity contribution < 1.29 is 44.8 Å². The van der Waals surface area contributed by atoms with Gasteiger partial charge in [0, 0.05) is 19.0 Å². The smallest absolute Gasteiger partial charge is 0.223 e. The first-order valence-corrected chi connectivity index (χ1v) is 7.74. The van der Waals surface area contributed by atoms with Gasteiger partial charge in [-0.15, -0.1) is 0 Å². The Bertz CT molecular complexity index is 482. The van der Waals surface area contributed by atoms with Gasteiger partial charge in [0.1, 0.15) is 37.1 Å². The van der Waals surface area contributed by atoms with Crippen LogP contribution in [-0.2, 0) is 14.2 Å². The lowest BCUT2D eigenvalue weighted by molar-refractivity contribution is -0.400. The van der Waals surface area contributed by atoms with Crippen LogP contribution in [-0.4, -0.2) is 98.7 Å². The van der Waals surface area contributed by atoms with Crippen LogP contribution in [0.5, 0.6) is 0 Å². The van der Waals surface area contributed by atoms with E-state index < -0.39 is 66.8 Å². The van der Waals surface area contributed by atoms with Gasteiger partial charge in [-0.1, -0.05) is 0 Å². The summed E-state index contributed by atoms with van der Waals surface area (Å²) in [4.78, 5) is 0. The van der Waals surface area contributed by atoms with Crippen molar-refractivity contribution in [2.75, 3.05) is 19.7 Å². The average molecular weight is 352 g/mol. The number of fused-ring (bicyclic) bond motifs is 1. The summed E-state index contributed by atoms with van der Waals surface area (Å²) in [6, 6.07) is 0. The van der Waals surface area contributed by atoms with Crippen molar-refractivity contribution in [1.82, 2.24) is 0 Å². The molecule has 2 heterocycles. The fourth-order valence-corrected chi connectivity index (χ4v) is 3.62. The molecule has 0 radical (unpaired) electrons. The maximum atomic E-state index is 10.4. The Hall–Kier alpha value is -0.440. The summed E-state index contributed by atoms with van der Waals surface area (Å²) >= 11 is 0. The largest absolute Gasteiger partial charge is 0.391 e. The van der Waals surface area contributed by atoms with Gasteiger partial charge in [0.2, 0.25) is 5.79 Å². The molecule has 3 rings (SSSR count). The molecule has 2 saturated heterocycles. The standard InChI is InChI=1S/C13H24N2O9/c14-1-4-6-10(20)12(3-16,24-13(4,6)21)23-11-9(19)8(18)7(17)5(2-15)22-11/h4-11,16-21H,1-3,14-15H2/t4-,5?,6?,7-,8?,9?,10?,11-,12-,13?/m1/s1. The quantitative estimate of drug-likeness (QED) is 0.235. The van der Waals surface area contributed by atoms with Crippen LogP contribution in [0.3, 0.4) is 0 Å². The molecular formula is C13H24N2O9. The van der Waals surface area contributed by atoms with Crippen molar-refractivity contribution in [3.8, 4) is 0 Å². The van der Waals surface area contributed by atoms with Crippen LogP contribution in [0.2, 0.25) is 0 Å². The monoisotopic (exact) mass is 352 g/mol. The molecule has 1 saturated carbocycles. The van der Waals surface area contributed by atoms with Gasteiger partial charge >= 0.3 is 0 Å². The normalized spacial score (nSPS) is 57.0. The van der Waals surface area contributed by atoms with Gasteiger partial charge < -0.3 is 56.3 Å². The molecule has 6 unspecified atom stereocenters. The third kappa shape index (κ3) is 2.40. The maximum absolute atomic E-state index is 10.4. The van der Waals surface area contributed by atoms with Crippen LogP contribution in [0.25, 0.3) is 0 Å². The molecule has 10 N–H and O–H groups in total. The molecule has 1 aliphatic carbocycles. The highest BCUT2D eigenvalue weighted by molar-refractivity contribution is 5.18. The number of ether oxygens (including phenoxy) is 3. The molecule has 0 bridgehead atoms. The molecule has 3 fully saturated rings. The zero-order valence-electron chi connectivity index (χ0n) is 12.8. The van der Waals surface area contributed by atoms with Crippen LogP contribution < -0.4 is 11.5 Å². The SMILES string of the molecule is NCC1O[C@H](O[C@]2(CO)OC3(O)C(C2O)[C@H]3CN)C(O)C(O)[C@@H]1O. The highest BCUT2D eigenvalue weighted by Crippen LogP contribution is 2.62. The van der Waals surface area contributed by atoms with E-state index in [1.165, 1.54) is 0 Å². The predicted molar refractivity (Wildman–Crippen MR) is 74.7 cm³/mol. The van der Waals surface area contributed by atoms with Crippen LogP contribution in [0.1, 0.15) is 0 Å². The zero-order chi connectivity index (χ0) is 17.9. The molecule has 2 aliphatic heterocycles. The van der Waals surface area contributed by atoms with Gasteiger partial charge in [0.25, 0.3) is 0 Å². The number of nitrogens with two attached hydrogens (primary N) is 2. The van der Waals surface area contributed by atoms with Crippen molar-refractivity contribution in [3.63, 3.8) is 0 Å². The summed E-state index contributed by atoms with van der Waals surface area (Å²) in [5, 5.41) is 59.9. The van der Waals surface area contributed by atoms with E-state index in [0.717, 1.165) is 0 Å². The Balaban J connectivity index is 1.77. The van der Waals surface area contributed by atoms with Crippen molar-refractivity contribution in [3.05, 3.63) is 0 Å². The van der Waals surface area contributed by atoms with E-state index in [-0.39, 0.29) is 13.1 Å². The van der Waals surface area contributed by atoms with Crippen molar-refractivity contribution >= 4 is 0 Å². The van der Waals surface area contributed by atoms with Crippen molar-refractivity contribution in [1.29, 1.82) is 0 Å². The molecule has 11 heteroatoms. The number of hydrogen-bond acceptors (Lipinski definition) is 11. The van der Waals surface area contributed by atoms with Crippen LogP contribution in [0, 0.1) is 11.8 Å². The summed E-state index contributed by atoms with van der Waals surface area (Å²) in [5.74, 6) is -5.05. The minimum Gasteiger partial charge on any atom is -0.391 e. The summed E-state index contributed by atoms with van der Waals surface area (Å²) in [5.41, 5.74) is 10.9. The topological polar surface area (TPSA) is 201 Å². The highest BCUT2D eigenvalue weighted by atomic mass is 16.8.